The van der Waals surface area contributed by atoms with Crippen LogP contribution in [0.1, 0.15) is 6.92 Å². The Morgan fingerprint density at radius 1 is 1.47 bits per heavy atom. The summed E-state index contributed by atoms with van der Waals surface area (Å²) in [5.41, 5.74) is 4.98. The second-order valence-corrected chi connectivity index (χ2v) is 2.75. The van der Waals surface area contributed by atoms with Crippen LogP contribution < -0.4 is 21.5 Å². The molecule has 0 unspecified atom stereocenters. The monoisotopic (exact) mass is 217 g/mol. The molecule has 0 fully saturated rings. The third kappa shape index (κ3) is 2.98. The van der Waals surface area contributed by atoms with Crippen molar-refractivity contribution < 1.29 is 14.7 Å². The van der Waals surface area contributed by atoms with Crippen LogP contribution in [0.2, 0.25) is 0 Å². The molecule has 0 atom stereocenters. The number of likely N-dealkylation sites (N-methyl/N-ethyl adjacent to an activating group) is 1. The number of methoxy groups -OCH3 is 1. The lowest BCUT2D eigenvalue weighted by atomic mass is 10.3. The lowest BCUT2D eigenvalue weighted by Gasteiger charge is -2.28. The summed E-state index contributed by atoms with van der Waals surface area (Å²) < 4.78 is 4.80. The molecule has 1 heterocycles. The number of hydrogen-bond acceptors (Lipinski definition) is 7. The number of hydrogen-bond donors (Lipinski definition) is 5. The minimum Gasteiger partial charge on any atom is -0.378 e. The van der Waals surface area contributed by atoms with E-state index in [0.29, 0.717) is 23.3 Å². The normalized spacial score (nSPS) is 17.1. The van der Waals surface area contributed by atoms with Crippen molar-refractivity contribution in [1.82, 2.24) is 26.8 Å². The summed E-state index contributed by atoms with van der Waals surface area (Å²) in [7, 11) is 1.51. The van der Waals surface area contributed by atoms with Crippen LogP contribution in [0.4, 0.5) is 0 Å². The Morgan fingerprint density at radius 2 is 2.20 bits per heavy atom. The summed E-state index contributed by atoms with van der Waals surface area (Å²) in [6.07, 6.45) is 0. The molecule has 0 aromatic rings. The summed E-state index contributed by atoms with van der Waals surface area (Å²) in [5, 5.41) is 15.2. The van der Waals surface area contributed by atoms with Crippen LogP contribution in [0.5, 0.6) is 0 Å². The molecule has 0 saturated carbocycles. The van der Waals surface area contributed by atoms with E-state index < -0.39 is 5.91 Å². The van der Waals surface area contributed by atoms with E-state index in [1.807, 2.05) is 6.92 Å². The Balaban J connectivity index is 2.77. The van der Waals surface area contributed by atoms with E-state index in [2.05, 4.69) is 21.5 Å². The van der Waals surface area contributed by atoms with Gasteiger partial charge in [-0.05, 0) is 12.2 Å². The van der Waals surface area contributed by atoms with Crippen molar-refractivity contribution in [3.63, 3.8) is 0 Å². The molecule has 5 N–H and O–H groups in total. The van der Waals surface area contributed by atoms with Crippen LogP contribution in [0.3, 0.4) is 0 Å². The van der Waals surface area contributed by atoms with Gasteiger partial charge in [0.1, 0.15) is 18.2 Å². The molecule has 0 saturated heterocycles. The fourth-order valence-electron chi connectivity index (χ4n) is 1.07. The number of hydrazine groups is 2. The van der Waals surface area contributed by atoms with Gasteiger partial charge in [-0.1, -0.05) is 0 Å². The second kappa shape index (κ2) is 5.39. The predicted octanol–water partition coefficient (Wildman–Crippen LogP) is -1.80. The highest BCUT2D eigenvalue weighted by molar-refractivity contribution is 5.93. The first-order chi connectivity index (χ1) is 7.19. The molecular formula is C7H15N5O3. The summed E-state index contributed by atoms with van der Waals surface area (Å²) in [6, 6.07) is 0. The zero-order chi connectivity index (χ0) is 11.3. The molecule has 1 amide bonds. The fourth-order valence-corrected chi connectivity index (χ4v) is 1.07. The highest BCUT2D eigenvalue weighted by Gasteiger charge is 2.23. The first-order valence-corrected chi connectivity index (χ1v) is 4.46. The number of amides is 1. The molecule has 1 aliphatic rings. The van der Waals surface area contributed by atoms with Gasteiger partial charge in [0.05, 0.1) is 0 Å². The third-order valence-electron chi connectivity index (χ3n) is 1.65. The van der Waals surface area contributed by atoms with Crippen molar-refractivity contribution >= 4 is 5.91 Å². The number of nitrogens with one attached hydrogen (secondary N) is 4. The molecule has 15 heavy (non-hydrogen) atoms. The van der Waals surface area contributed by atoms with Gasteiger partial charge in [0.25, 0.3) is 5.91 Å². The van der Waals surface area contributed by atoms with Crippen molar-refractivity contribution in [2.75, 3.05) is 20.4 Å². The quantitative estimate of drug-likeness (QED) is 0.346. The van der Waals surface area contributed by atoms with Gasteiger partial charge < -0.3 is 15.4 Å². The van der Waals surface area contributed by atoms with Gasteiger partial charge in [0.2, 0.25) is 0 Å². The van der Waals surface area contributed by atoms with Crippen LogP contribution in [-0.4, -0.2) is 36.8 Å². The van der Waals surface area contributed by atoms with Crippen molar-refractivity contribution in [3.8, 4) is 0 Å². The van der Waals surface area contributed by atoms with Gasteiger partial charge in [0.15, 0.2) is 0 Å². The number of ether oxygens (including phenoxy) is 1. The number of carbonyl (C=O) groups is 1. The Hall–Kier alpha value is -1.51. The van der Waals surface area contributed by atoms with E-state index in [4.69, 9.17) is 9.94 Å². The largest absolute Gasteiger partial charge is 0.378 e. The van der Waals surface area contributed by atoms with E-state index >= 15 is 0 Å². The van der Waals surface area contributed by atoms with Crippen molar-refractivity contribution in [1.29, 1.82) is 0 Å². The molecule has 8 nitrogen and oxygen atoms in total. The standard InChI is InChI=1S/C7H15N5O3/c1-3-8-5-6(9-4-15-2)10-12(14)11-7(5)13/h8-10,14H,3-4H2,1-2H3,(H,11,13). The Kier molecular flexibility index (Phi) is 4.16. The third-order valence-corrected chi connectivity index (χ3v) is 1.65. The van der Waals surface area contributed by atoms with E-state index in [0.717, 1.165) is 0 Å². The van der Waals surface area contributed by atoms with Crippen molar-refractivity contribution in [3.05, 3.63) is 11.5 Å². The maximum atomic E-state index is 11.4. The molecule has 1 rings (SSSR count). The molecule has 0 aromatic heterocycles. The molecule has 0 aliphatic carbocycles. The van der Waals surface area contributed by atoms with Crippen LogP contribution in [0.25, 0.3) is 0 Å². The summed E-state index contributed by atoms with van der Waals surface area (Å²) in [5.74, 6) is -0.0818. The predicted molar refractivity (Wildman–Crippen MR) is 50.6 cm³/mol. The van der Waals surface area contributed by atoms with E-state index in [-0.39, 0.29) is 6.73 Å². The van der Waals surface area contributed by atoms with Gasteiger partial charge in [-0.15, -0.1) is 0 Å². The topological polar surface area (TPSA) is 97.9 Å². The minimum absolute atomic E-state index is 0.221. The molecule has 0 aromatic carbocycles. The lowest BCUT2D eigenvalue weighted by Crippen LogP contribution is -2.57. The van der Waals surface area contributed by atoms with Gasteiger partial charge in [-0.3, -0.25) is 15.4 Å². The first kappa shape index (κ1) is 11.6. The zero-order valence-electron chi connectivity index (χ0n) is 8.63. The van der Waals surface area contributed by atoms with Gasteiger partial charge in [0, 0.05) is 13.7 Å². The number of nitrogens with zero attached hydrogens (tertiary/aromatic N) is 1. The van der Waals surface area contributed by atoms with Crippen LogP contribution in [0, 0.1) is 0 Å². The van der Waals surface area contributed by atoms with Crippen molar-refractivity contribution in [2.24, 2.45) is 0 Å². The average Bonchev–Trinajstić information content (AvgIpc) is 2.19. The molecule has 1 aliphatic heterocycles. The molecule has 86 valence electrons. The van der Waals surface area contributed by atoms with E-state index in [1.54, 1.807) is 0 Å². The smallest absolute Gasteiger partial charge is 0.288 e. The molecular weight excluding hydrogens is 202 g/mol. The van der Waals surface area contributed by atoms with Gasteiger partial charge >= 0.3 is 0 Å². The van der Waals surface area contributed by atoms with Crippen LogP contribution >= 0.6 is 0 Å². The second-order valence-electron chi connectivity index (χ2n) is 2.75. The SMILES string of the molecule is CCNC1=C(NCOC)NN(O)NC1=O. The highest BCUT2D eigenvalue weighted by Crippen LogP contribution is 2.00. The van der Waals surface area contributed by atoms with E-state index in [1.165, 1.54) is 7.11 Å². The minimum atomic E-state index is -0.434. The zero-order valence-corrected chi connectivity index (χ0v) is 8.63. The number of carbonyl (C=O) groups excluding carboxylic acids is 1. The average molecular weight is 217 g/mol. The Labute approximate surface area is 87.2 Å². The summed E-state index contributed by atoms with van der Waals surface area (Å²) in [4.78, 5) is 11.4. The summed E-state index contributed by atoms with van der Waals surface area (Å²) in [6.45, 7) is 2.67. The van der Waals surface area contributed by atoms with Gasteiger partial charge in [-0.2, -0.15) is 0 Å². The molecule has 0 bridgehead atoms. The Morgan fingerprint density at radius 3 is 2.80 bits per heavy atom. The van der Waals surface area contributed by atoms with Crippen LogP contribution in [0.15, 0.2) is 11.5 Å². The fraction of sp³-hybridized carbons (Fsp3) is 0.571. The maximum absolute atomic E-state index is 11.4. The highest BCUT2D eigenvalue weighted by atomic mass is 16.6. The molecule has 0 spiro atoms. The van der Waals surface area contributed by atoms with Crippen molar-refractivity contribution in [2.45, 2.75) is 6.92 Å². The first-order valence-electron chi connectivity index (χ1n) is 4.46. The van der Waals surface area contributed by atoms with Crippen LogP contribution in [-0.2, 0) is 9.53 Å². The van der Waals surface area contributed by atoms with E-state index in [9.17, 15) is 4.79 Å². The Bertz CT molecular complexity index is 267. The number of rotatable bonds is 5. The molecule has 8 heteroatoms. The van der Waals surface area contributed by atoms with Gasteiger partial charge in [-0.25, -0.2) is 5.43 Å². The summed E-state index contributed by atoms with van der Waals surface area (Å²) >= 11 is 0. The lowest BCUT2D eigenvalue weighted by molar-refractivity contribution is -0.186. The molecule has 0 radical (unpaired) electrons. The maximum Gasteiger partial charge on any atom is 0.288 e.